The van der Waals surface area contributed by atoms with E-state index in [1.165, 1.54) is 47.4 Å². The van der Waals surface area contributed by atoms with Gasteiger partial charge in [0.1, 0.15) is 5.82 Å². The van der Waals surface area contributed by atoms with Crippen LogP contribution in [0.4, 0.5) is 15.2 Å². The minimum absolute atomic E-state index is 0.0181. The molecule has 0 radical (unpaired) electrons. The Morgan fingerprint density at radius 2 is 2.04 bits per heavy atom. The van der Waals surface area contributed by atoms with Crippen molar-refractivity contribution in [3.63, 3.8) is 0 Å². The standard InChI is InChI=1S/C18H14FN3O3S2/c1-11(27-15-7-5-13(19)6-8-15)17(23)21-18-20-16(10-26-18)12-3-2-4-14(9-12)22(24)25/h2-11H,1H3,(H,20,21,23). The van der Waals surface area contributed by atoms with Crippen LogP contribution in [0.2, 0.25) is 0 Å². The maximum Gasteiger partial charge on any atom is 0.270 e. The quantitative estimate of drug-likeness (QED) is 0.357. The molecule has 1 heterocycles. The van der Waals surface area contributed by atoms with Gasteiger partial charge in [0, 0.05) is 28.0 Å². The van der Waals surface area contributed by atoms with Gasteiger partial charge in [-0.3, -0.25) is 14.9 Å². The molecule has 0 aliphatic rings. The molecule has 0 saturated carbocycles. The van der Waals surface area contributed by atoms with Gasteiger partial charge in [-0.15, -0.1) is 23.1 Å². The summed E-state index contributed by atoms with van der Waals surface area (Å²) in [6.45, 7) is 1.75. The van der Waals surface area contributed by atoms with Gasteiger partial charge in [0.05, 0.1) is 15.9 Å². The SMILES string of the molecule is CC(Sc1ccc(F)cc1)C(=O)Nc1nc(-c2cccc([N+](=O)[O-])c2)cs1. The van der Waals surface area contributed by atoms with E-state index < -0.39 is 10.2 Å². The molecular weight excluding hydrogens is 389 g/mol. The molecule has 3 rings (SSSR count). The minimum Gasteiger partial charge on any atom is -0.301 e. The van der Waals surface area contributed by atoms with E-state index in [0.29, 0.717) is 16.4 Å². The minimum atomic E-state index is -0.465. The maximum absolute atomic E-state index is 12.9. The van der Waals surface area contributed by atoms with Crippen LogP contribution in [0.15, 0.2) is 58.8 Å². The van der Waals surface area contributed by atoms with Crippen LogP contribution >= 0.6 is 23.1 Å². The van der Waals surface area contributed by atoms with Gasteiger partial charge in [0.25, 0.3) is 5.69 Å². The average molecular weight is 403 g/mol. The summed E-state index contributed by atoms with van der Waals surface area (Å²) in [5, 5.41) is 15.4. The van der Waals surface area contributed by atoms with E-state index in [1.54, 1.807) is 36.6 Å². The molecule has 0 saturated heterocycles. The van der Waals surface area contributed by atoms with E-state index in [2.05, 4.69) is 10.3 Å². The Morgan fingerprint density at radius 1 is 1.30 bits per heavy atom. The second-order valence-corrected chi connectivity index (χ2v) is 7.82. The molecule has 0 bridgehead atoms. The Kier molecular flexibility index (Phi) is 5.82. The largest absolute Gasteiger partial charge is 0.301 e. The number of nitro groups is 1. The molecule has 0 spiro atoms. The average Bonchev–Trinajstić information content (AvgIpc) is 3.12. The van der Waals surface area contributed by atoms with Gasteiger partial charge in [-0.05, 0) is 31.2 Å². The van der Waals surface area contributed by atoms with Crippen molar-refractivity contribution in [2.24, 2.45) is 0 Å². The van der Waals surface area contributed by atoms with Crippen LogP contribution in [0.5, 0.6) is 0 Å². The van der Waals surface area contributed by atoms with Gasteiger partial charge >= 0.3 is 0 Å². The molecule has 2 aromatic carbocycles. The number of nitro benzene ring substituents is 1. The molecule has 0 aliphatic heterocycles. The monoisotopic (exact) mass is 403 g/mol. The fraction of sp³-hybridized carbons (Fsp3) is 0.111. The van der Waals surface area contributed by atoms with Crippen molar-refractivity contribution in [1.82, 2.24) is 4.98 Å². The van der Waals surface area contributed by atoms with Crippen molar-refractivity contribution in [3.8, 4) is 11.3 Å². The van der Waals surface area contributed by atoms with Crippen molar-refractivity contribution < 1.29 is 14.1 Å². The van der Waals surface area contributed by atoms with Crippen molar-refractivity contribution in [2.45, 2.75) is 17.1 Å². The molecule has 1 aromatic heterocycles. The number of aromatic nitrogens is 1. The summed E-state index contributed by atoms with van der Waals surface area (Å²) in [5.74, 6) is -0.558. The van der Waals surface area contributed by atoms with E-state index in [-0.39, 0.29) is 17.4 Å². The highest BCUT2D eigenvalue weighted by atomic mass is 32.2. The van der Waals surface area contributed by atoms with E-state index in [9.17, 15) is 19.3 Å². The number of halogens is 1. The lowest BCUT2D eigenvalue weighted by Gasteiger charge is -2.10. The molecule has 0 aliphatic carbocycles. The summed E-state index contributed by atoms with van der Waals surface area (Å²) >= 11 is 2.55. The van der Waals surface area contributed by atoms with Crippen LogP contribution < -0.4 is 5.32 Å². The Balaban J connectivity index is 1.66. The van der Waals surface area contributed by atoms with Gasteiger partial charge in [-0.2, -0.15) is 0 Å². The lowest BCUT2D eigenvalue weighted by molar-refractivity contribution is -0.384. The number of hydrogen-bond acceptors (Lipinski definition) is 6. The van der Waals surface area contributed by atoms with E-state index in [0.717, 1.165) is 4.90 Å². The summed E-state index contributed by atoms with van der Waals surface area (Å²) in [5.41, 5.74) is 1.14. The number of nitrogens with zero attached hydrogens (tertiary/aromatic N) is 2. The topological polar surface area (TPSA) is 85.1 Å². The lowest BCUT2D eigenvalue weighted by atomic mass is 10.1. The normalized spacial score (nSPS) is 11.8. The first-order valence-electron chi connectivity index (χ1n) is 7.86. The van der Waals surface area contributed by atoms with Crippen molar-refractivity contribution in [2.75, 3.05) is 5.32 Å². The highest BCUT2D eigenvalue weighted by Gasteiger charge is 2.17. The molecule has 138 valence electrons. The van der Waals surface area contributed by atoms with Crippen LogP contribution in [0.3, 0.4) is 0 Å². The zero-order valence-electron chi connectivity index (χ0n) is 14.1. The zero-order valence-corrected chi connectivity index (χ0v) is 15.7. The Morgan fingerprint density at radius 3 is 2.74 bits per heavy atom. The lowest BCUT2D eigenvalue weighted by Crippen LogP contribution is -2.22. The van der Waals surface area contributed by atoms with Gasteiger partial charge in [-0.1, -0.05) is 12.1 Å². The summed E-state index contributed by atoms with van der Waals surface area (Å²) in [6, 6.07) is 12.1. The number of thioether (sulfide) groups is 1. The number of nitrogens with one attached hydrogen (secondary N) is 1. The number of anilines is 1. The number of benzene rings is 2. The third-order valence-electron chi connectivity index (χ3n) is 3.58. The molecular formula is C18H14FN3O3S2. The van der Waals surface area contributed by atoms with Crippen molar-refractivity contribution >= 4 is 39.8 Å². The predicted octanol–water partition coefficient (Wildman–Crippen LogP) is 4.98. The van der Waals surface area contributed by atoms with Crippen LogP contribution in [0, 0.1) is 15.9 Å². The number of hydrogen-bond donors (Lipinski definition) is 1. The number of thiazole rings is 1. The number of carbonyl (C=O) groups excluding carboxylic acids is 1. The van der Waals surface area contributed by atoms with Gasteiger partial charge in [-0.25, -0.2) is 9.37 Å². The summed E-state index contributed by atoms with van der Waals surface area (Å²) in [4.78, 5) is 27.9. The second kappa shape index (κ2) is 8.28. The molecule has 1 atom stereocenters. The molecule has 3 aromatic rings. The summed E-state index contributed by atoms with van der Waals surface area (Å²) in [7, 11) is 0. The third-order valence-corrected chi connectivity index (χ3v) is 5.45. The Hall–Kier alpha value is -2.78. The first-order chi connectivity index (χ1) is 12.9. The van der Waals surface area contributed by atoms with E-state index in [4.69, 9.17) is 0 Å². The number of amides is 1. The molecule has 0 fully saturated rings. The van der Waals surface area contributed by atoms with Crippen LogP contribution in [0.25, 0.3) is 11.3 Å². The fourth-order valence-electron chi connectivity index (χ4n) is 2.22. The van der Waals surface area contributed by atoms with Crippen LogP contribution in [0.1, 0.15) is 6.92 Å². The zero-order chi connectivity index (χ0) is 19.4. The number of rotatable bonds is 6. The van der Waals surface area contributed by atoms with Crippen molar-refractivity contribution in [3.05, 3.63) is 69.8 Å². The smallest absolute Gasteiger partial charge is 0.270 e. The van der Waals surface area contributed by atoms with Crippen LogP contribution in [-0.2, 0) is 4.79 Å². The predicted molar refractivity (Wildman–Crippen MR) is 105 cm³/mol. The Bertz CT molecular complexity index is 976. The third kappa shape index (κ3) is 4.89. The molecule has 27 heavy (non-hydrogen) atoms. The molecule has 6 nitrogen and oxygen atoms in total. The molecule has 1 unspecified atom stereocenters. The highest BCUT2D eigenvalue weighted by Crippen LogP contribution is 2.29. The Labute approximate surface area is 162 Å². The van der Waals surface area contributed by atoms with E-state index in [1.807, 2.05) is 0 Å². The van der Waals surface area contributed by atoms with Gasteiger partial charge < -0.3 is 5.32 Å². The maximum atomic E-state index is 12.9. The fourth-order valence-corrected chi connectivity index (χ4v) is 3.81. The summed E-state index contributed by atoms with van der Waals surface area (Å²) < 4.78 is 12.9. The summed E-state index contributed by atoms with van der Waals surface area (Å²) in [6.07, 6.45) is 0. The molecule has 1 amide bonds. The first kappa shape index (κ1) is 19.0. The van der Waals surface area contributed by atoms with Gasteiger partial charge in [0.2, 0.25) is 5.91 Å². The molecule has 9 heteroatoms. The molecule has 1 N–H and O–H groups in total. The second-order valence-electron chi connectivity index (χ2n) is 5.55. The number of non-ortho nitro benzene ring substituents is 1. The first-order valence-corrected chi connectivity index (χ1v) is 9.62. The van der Waals surface area contributed by atoms with E-state index >= 15 is 0 Å². The highest BCUT2D eigenvalue weighted by molar-refractivity contribution is 8.00. The van der Waals surface area contributed by atoms with Gasteiger partial charge in [0.15, 0.2) is 5.13 Å². The van der Waals surface area contributed by atoms with Crippen LogP contribution in [-0.4, -0.2) is 21.1 Å². The van der Waals surface area contributed by atoms with Crippen molar-refractivity contribution in [1.29, 1.82) is 0 Å². The number of carbonyl (C=O) groups is 1.